The molecular weight excluding hydrogens is 287 g/mol. The van der Waals surface area contributed by atoms with Crippen LogP contribution in [-0.2, 0) is 11.3 Å². The van der Waals surface area contributed by atoms with Crippen molar-refractivity contribution in [3.8, 4) is 0 Å². The van der Waals surface area contributed by atoms with Crippen LogP contribution in [0.5, 0.6) is 0 Å². The Morgan fingerprint density at radius 2 is 1.79 bits per heavy atom. The topological polar surface area (TPSA) is 43.8 Å². The van der Waals surface area contributed by atoms with Gasteiger partial charge < -0.3 is 5.11 Å². The zero-order chi connectivity index (χ0) is 13.8. The summed E-state index contributed by atoms with van der Waals surface area (Å²) in [5, 5.41) is 9.93. The van der Waals surface area contributed by atoms with E-state index in [0.29, 0.717) is 10.0 Å². The first-order chi connectivity index (χ1) is 9.06. The van der Waals surface area contributed by atoms with Crippen LogP contribution in [0.2, 0.25) is 10.0 Å². The number of carbonyl (C=O) groups is 1. The van der Waals surface area contributed by atoms with Gasteiger partial charge in [0.25, 0.3) is 0 Å². The van der Waals surface area contributed by atoms with Crippen LogP contribution >= 0.6 is 23.2 Å². The van der Waals surface area contributed by atoms with Gasteiger partial charge in [0, 0.05) is 32.7 Å². The summed E-state index contributed by atoms with van der Waals surface area (Å²) in [5.74, 6) is -0.772. The van der Waals surface area contributed by atoms with Gasteiger partial charge in [-0.05, 0) is 11.6 Å². The minimum Gasteiger partial charge on any atom is -0.480 e. The fraction of sp³-hybridized carbons (Fsp3) is 0.462. The average molecular weight is 303 g/mol. The molecule has 0 saturated carbocycles. The average Bonchev–Trinajstić information content (AvgIpc) is 2.37. The molecule has 2 rings (SSSR count). The largest absolute Gasteiger partial charge is 0.480 e. The highest BCUT2D eigenvalue weighted by molar-refractivity contribution is 6.42. The number of halogens is 2. The number of carboxylic acids is 1. The molecule has 0 atom stereocenters. The molecule has 1 aliphatic heterocycles. The van der Waals surface area contributed by atoms with Gasteiger partial charge in [-0.1, -0.05) is 35.3 Å². The summed E-state index contributed by atoms with van der Waals surface area (Å²) in [6, 6.07) is 5.64. The van der Waals surface area contributed by atoms with Gasteiger partial charge in [0.2, 0.25) is 0 Å². The van der Waals surface area contributed by atoms with E-state index in [-0.39, 0.29) is 6.54 Å². The first-order valence-corrected chi connectivity index (χ1v) is 6.91. The number of aliphatic carboxylic acids is 1. The lowest BCUT2D eigenvalue weighted by atomic mass is 10.2. The van der Waals surface area contributed by atoms with E-state index < -0.39 is 5.97 Å². The molecule has 0 aromatic heterocycles. The normalized spacial score (nSPS) is 17.6. The zero-order valence-corrected chi connectivity index (χ0v) is 12.0. The second-order valence-electron chi connectivity index (χ2n) is 4.66. The Labute approximate surface area is 122 Å². The molecule has 104 valence electrons. The molecule has 4 nitrogen and oxygen atoms in total. The Morgan fingerprint density at radius 1 is 1.16 bits per heavy atom. The Kier molecular flexibility index (Phi) is 5.05. The predicted octanol–water partition coefficient (Wildman–Crippen LogP) is 2.20. The van der Waals surface area contributed by atoms with Crippen LogP contribution in [0.15, 0.2) is 18.2 Å². The molecule has 0 bridgehead atoms. The van der Waals surface area contributed by atoms with E-state index >= 15 is 0 Å². The van der Waals surface area contributed by atoms with Gasteiger partial charge in [-0.25, -0.2) is 0 Å². The molecule has 0 radical (unpaired) electrons. The van der Waals surface area contributed by atoms with Crippen molar-refractivity contribution in [2.24, 2.45) is 0 Å². The fourth-order valence-corrected chi connectivity index (χ4v) is 2.59. The van der Waals surface area contributed by atoms with E-state index in [9.17, 15) is 4.79 Å². The molecule has 6 heteroatoms. The molecule has 1 fully saturated rings. The Morgan fingerprint density at radius 3 is 2.42 bits per heavy atom. The lowest BCUT2D eigenvalue weighted by Crippen LogP contribution is -2.47. The van der Waals surface area contributed by atoms with E-state index in [0.717, 1.165) is 38.3 Å². The molecule has 1 saturated heterocycles. The second kappa shape index (κ2) is 6.57. The third kappa shape index (κ3) is 4.08. The van der Waals surface area contributed by atoms with E-state index in [2.05, 4.69) is 4.90 Å². The van der Waals surface area contributed by atoms with E-state index in [4.69, 9.17) is 28.3 Å². The second-order valence-corrected chi connectivity index (χ2v) is 5.44. The van der Waals surface area contributed by atoms with Gasteiger partial charge in [-0.3, -0.25) is 14.6 Å². The molecule has 0 aliphatic carbocycles. The van der Waals surface area contributed by atoms with Gasteiger partial charge in [-0.15, -0.1) is 0 Å². The van der Waals surface area contributed by atoms with Crippen molar-refractivity contribution in [3.05, 3.63) is 33.8 Å². The maximum atomic E-state index is 10.6. The summed E-state index contributed by atoms with van der Waals surface area (Å²) in [7, 11) is 0. The standard InChI is InChI=1S/C13H16Cl2N2O2/c14-11-3-1-2-10(13(11)15)8-16-4-6-17(7-5-16)9-12(18)19/h1-3H,4-9H2,(H,18,19). The van der Waals surface area contributed by atoms with Gasteiger partial charge in [0.15, 0.2) is 0 Å². The number of carboxylic acid groups (broad SMARTS) is 1. The Hall–Kier alpha value is -0.810. The summed E-state index contributed by atoms with van der Waals surface area (Å²) in [4.78, 5) is 14.8. The van der Waals surface area contributed by atoms with Crippen LogP contribution < -0.4 is 0 Å². The Balaban J connectivity index is 1.89. The molecule has 0 unspecified atom stereocenters. The summed E-state index contributed by atoms with van der Waals surface area (Å²) in [6.07, 6.45) is 0. The third-order valence-electron chi connectivity index (χ3n) is 3.25. The minimum absolute atomic E-state index is 0.117. The molecule has 1 heterocycles. The number of benzene rings is 1. The highest BCUT2D eigenvalue weighted by atomic mass is 35.5. The fourth-order valence-electron chi connectivity index (χ4n) is 2.21. The lowest BCUT2D eigenvalue weighted by molar-refractivity contribution is -0.138. The first-order valence-electron chi connectivity index (χ1n) is 6.15. The maximum absolute atomic E-state index is 10.6. The van der Waals surface area contributed by atoms with Crippen molar-refractivity contribution in [2.45, 2.75) is 6.54 Å². The number of piperazine rings is 1. The number of hydrogen-bond donors (Lipinski definition) is 1. The van der Waals surface area contributed by atoms with Crippen molar-refractivity contribution < 1.29 is 9.90 Å². The van der Waals surface area contributed by atoms with Crippen LogP contribution in [0, 0.1) is 0 Å². The Bertz CT molecular complexity index is 460. The molecule has 1 aromatic carbocycles. The summed E-state index contributed by atoms with van der Waals surface area (Å²) in [6.45, 7) is 4.09. The molecule has 1 N–H and O–H groups in total. The number of nitrogens with zero attached hydrogens (tertiary/aromatic N) is 2. The van der Waals surface area contributed by atoms with Gasteiger partial charge in [-0.2, -0.15) is 0 Å². The van der Waals surface area contributed by atoms with Crippen molar-refractivity contribution in [2.75, 3.05) is 32.7 Å². The van der Waals surface area contributed by atoms with Crippen molar-refractivity contribution >= 4 is 29.2 Å². The van der Waals surface area contributed by atoms with E-state index in [1.165, 1.54) is 0 Å². The van der Waals surface area contributed by atoms with Gasteiger partial charge in [0.05, 0.1) is 16.6 Å². The molecule has 1 aromatic rings. The van der Waals surface area contributed by atoms with E-state index in [1.54, 1.807) is 6.07 Å². The highest BCUT2D eigenvalue weighted by Crippen LogP contribution is 2.26. The van der Waals surface area contributed by atoms with Crippen LogP contribution in [0.3, 0.4) is 0 Å². The highest BCUT2D eigenvalue weighted by Gasteiger charge is 2.19. The summed E-state index contributed by atoms with van der Waals surface area (Å²) >= 11 is 12.2. The first kappa shape index (κ1) is 14.6. The summed E-state index contributed by atoms with van der Waals surface area (Å²) < 4.78 is 0. The zero-order valence-electron chi connectivity index (χ0n) is 10.5. The molecular formula is C13H16Cl2N2O2. The monoisotopic (exact) mass is 302 g/mol. The number of rotatable bonds is 4. The van der Waals surface area contributed by atoms with Crippen molar-refractivity contribution in [1.82, 2.24) is 9.80 Å². The van der Waals surface area contributed by atoms with Gasteiger partial charge in [0.1, 0.15) is 0 Å². The smallest absolute Gasteiger partial charge is 0.317 e. The minimum atomic E-state index is -0.772. The maximum Gasteiger partial charge on any atom is 0.317 e. The van der Waals surface area contributed by atoms with Crippen LogP contribution in [0.4, 0.5) is 0 Å². The SMILES string of the molecule is O=C(O)CN1CCN(Cc2cccc(Cl)c2Cl)CC1. The van der Waals surface area contributed by atoms with Crippen molar-refractivity contribution in [3.63, 3.8) is 0 Å². The molecule has 0 spiro atoms. The quantitative estimate of drug-likeness (QED) is 0.926. The van der Waals surface area contributed by atoms with Crippen LogP contribution in [0.25, 0.3) is 0 Å². The van der Waals surface area contributed by atoms with Crippen molar-refractivity contribution in [1.29, 1.82) is 0 Å². The van der Waals surface area contributed by atoms with Crippen LogP contribution in [-0.4, -0.2) is 53.6 Å². The molecule has 19 heavy (non-hydrogen) atoms. The summed E-state index contributed by atoms with van der Waals surface area (Å²) in [5.41, 5.74) is 1.01. The number of hydrogen-bond acceptors (Lipinski definition) is 3. The lowest BCUT2D eigenvalue weighted by Gasteiger charge is -2.33. The van der Waals surface area contributed by atoms with E-state index in [1.807, 2.05) is 17.0 Å². The molecule has 0 amide bonds. The molecule has 1 aliphatic rings. The van der Waals surface area contributed by atoms with Gasteiger partial charge >= 0.3 is 5.97 Å². The van der Waals surface area contributed by atoms with Crippen LogP contribution in [0.1, 0.15) is 5.56 Å². The third-order valence-corrected chi connectivity index (χ3v) is 4.11. The predicted molar refractivity (Wildman–Crippen MR) is 75.8 cm³/mol.